The highest BCUT2D eigenvalue weighted by Gasteiger charge is 2.47. The molecular formula is C36H59NO12. The van der Waals surface area contributed by atoms with E-state index < -0.39 is 66.9 Å². The van der Waals surface area contributed by atoms with E-state index in [0.717, 1.165) is 0 Å². The van der Waals surface area contributed by atoms with Gasteiger partial charge in [0, 0.05) is 32.3 Å². The zero-order chi connectivity index (χ0) is 36.5. The molecule has 0 aromatic rings. The molecule has 3 rings (SSSR count). The Labute approximate surface area is 291 Å². The number of aliphatic hydroxyl groups is 3. The van der Waals surface area contributed by atoms with Crippen LogP contribution in [0, 0.1) is 11.8 Å². The molecule has 0 amide bonds. The zero-order valence-corrected chi connectivity index (χ0v) is 30.5. The molecule has 280 valence electrons. The molecule has 13 nitrogen and oxygen atoms in total. The molecule has 0 radical (unpaired) electrons. The number of cyclic esters (lactones) is 1. The highest BCUT2D eigenvalue weighted by atomic mass is 16.7. The Morgan fingerprint density at radius 1 is 0.939 bits per heavy atom. The third-order valence-electron chi connectivity index (χ3n) is 9.78. The Kier molecular flexibility index (Phi) is 16.0. The van der Waals surface area contributed by atoms with Gasteiger partial charge in [0.1, 0.15) is 36.1 Å². The number of aliphatic hydroxyl groups excluding tert-OH is 2. The van der Waals surface area contributed by atoms with Gasteiger partial charge in [0.25, 0.3) is 0 Å². The monoisotopic (exact) mass is 697 g/mol. The molecule has 3 aliphatic heterocycles. The van der Waals surface area contributed by atoms with Gasteiger partial charge in [-0.3, -0.25) is 4.79 Å². The maximum atomic E-state index is 13.1. The summed E-state index contributed by atoms with van der Waals surface area (Å²) >= 11 is 0. The molecule has 14 atom stereocenters. The van der Waals surface area contributed by atoms with E-state index in [-0.39, 0.29) is 49.2 Å². The van der Waals surface area contributed by atoms with Gasteiger partial charge in [-0.25, -0.2) is 4.79 Å². The molecule has 0 spiro atoms. The molecule has 3 aliphatic rings. The average Bonchev–Trinajstić information content (AvgIpc) is 3.05. The lowest BCUT2D eigenvalue weighted by Crippen LogP contribution is -2.59. The summed E-state index contributed by atoms with van der Waals surface area (Å²) in [6.45, 7) is 8.82. The Morgan fingerprint density at radius 3 is 2.27 bits per heavy atom. The van der Waals surface area contributed by atoms with E-state index in [1.54, 1.807) is 19.9 Å². The van der Waals surface area contributed by atoms with E-state index in [4.69, 9.17) is 33.2 Å². The largest absolute Gasteiger partial charge is 0.456 e. The summed E-state index contributed by atoms with van der Waals surface area (Å²) in [5, 5.41) is 33.5. The summed E-state index contributed by atoms with van der Waals surface area (Å²) < 4.78 is 41.1. The summed E-state index contributed by atoms with van der Waals surface area (Å²) in [5.41, 5.74) is -1.84. The first kappa shape index (κ1) is 41.4. The van der Waals surface area contributed by atoms with Crippen LogP contribution in [-0.2, 0) is 42.7 Å². The van der Waals surface area contributed by atoms with Crippen molar-refractivity contribution >= 4 is 11.8 Å². The normalized spacial score (nSPS) is 43.6. The lowest BCUT2D eigenvalue weighted by molar-refractivity contribution is -0.310. The minimum atomic E-state index is -1.84. The number of hydrogen-bond acceptors (Lipinski definition) is 13. The van der Waals surface area contributed by atoms with Crippen LogP contribution in [0.15, 0.2) is 36.5 Å². The van der Waals surface area contributed by atoms with E-state index in [1.807, 2.05) is 39.8 Å². The minimum absolute atomic E-state index is 0.108. The van der Waals surface area contributed by atoms with Crippen molar-refractivity contribution < 1.29 is 58.1 Å². The van der Waals surface area contributed by atoms with Crippen molar-refractivity contribution in [1.82, 2.24) is 4.90 Å². The van der Waals surface area contributed by atoms with E-state index >= 15 is 0 Å². The first-order chi connectivity index (χ1) is 23.1. The minimum Gasteiger partial charge on any atom is -0.456 e. The second kappa shape index (κ2) is 19.0. The average molecular weight is 698 g/mol. The Bertz CT molecular complexity index is 1150. The van der Waals surface area contributed by atoms with Crippen molar-refractivity contribution in [3.63, 3.8) is 0 Å². The lowest BCUT2D eigenvalue weighted by atomic mass is 9.88. The maximum absolute atomic E-state index is 13.1. The van der Waals surface area contributed by atoms with Crippen molar-refractivity contribution in [3.8, 4) is 0 Å². The van der Waals surface area contributed by atoms with Crippen LogP contribution < -0.4 is 0 Å². The van der Waals surface area contributed by atoms with Gasteiger partial charge in [0.2, 0.25) is 0 Å². The number of methoxy groups -OCH3 is 2. The second-order valence-electron chi connectivity index (χ2n) is 13.9. The van der Waals surface area contributed by atoms with Crippen LogP contribution >= 0.6 is 0 Å². The third kappa shape index (κ3) is 11.0. The van der Waals surface area contributed by atoms with Gasteiger partial charge in [0.05, 0.1) is 24.9 Å². The standard InChI is InChI=1S/C36H59NO12/c1-10-28-36(42,20-45-35-33(44-9)32(43-8)30(40)24(5)47-35)17-12-11-14-26(38)21(2)18-22(3)27(15-13-16-29(39)49-28)48-34-31(41)25(37(6)7)19-23(4)46-34/h11-14,16-17,21-25,27-28,30-35,40-42H,10,15,18-20H2,1-9H3/b14-11+,16-13+,17-12+/t21-,22+,23-,24-,25+,27-,28-,30-,31-,32-,33-,34+,35-,36+/m1/s1. The number of ether oxygens (including phenoxy) is 7. The molecule has 3 heterocycles. The van der Waals surface area contributed by atoms with Crippen molar-refractivity contribution in [2.45, 2.75) is 133 Å². The summed E-state index contributed by atoms with van der Waals surface area (Å²) in [7, 11) is 6.70. The molecule has 49 heavy (non-hydrogen) atoms. The quantitative estimate of drug-likeness (QED) is 0.301. The van der Waals surface area contributed by atoms with Crippen LogP contribution in [-0.4, -0.2) is 140 Å². The maximum Gasteiger partial charge on any atom is 0.330 e. The summed E-state index contributed by atoms with van der Waals surface area (Å²) in [5.74, 6) is -1.27. The Balaban J connectivity index is 1.86. The fourth-order valence-corrected chi connectivity index (χ4v) is 6.73. The lowest BCUT2D eigenvalue weighted by Gasteiger charge is -2.43. The number of carbonyl (C=O) groups is 2. The molecule has 0 bridgehead atoms. The van der Waals surface area contributed by atoms with E-state index in [2.05, 4.69) is 0 Å². The number of carbonyl (C=O) groups excluding carboxylic acids is 2. The molecule has 0 aliphatic carbocycles. The molecule has 2 fully saturated rings. The Morgan fingerprint density at radius 2 is 1.63 bits per heavy atom. The van der Waals surface area contributed by atoms with Crippen LogP contribution in [0.5, 0.6) is 0 Å². The van der Waals surface area contributed by atoms with Crippen LogP contribution in [0.3, 0.4) is 0 Å². The predicted molar refractivity (Wildman–Crippen MR) is 180 cm³/mol. The van der Waals surface area contributed by atoms with Gasteiger partial charge in [-0.2, -0.15) is 0 Å². The number of esters is 1. The fraction of sp³-hybridized carbons (Fsp3) is 0.778. The van der Waals surface area contributed by atoms with Crippen molar-refractivity contribution in [3.05, 3.63) is 36.5 Å². The first-order valence-corrected chi connectivity index (χ1v) is 17.3. The van der Waals surface area contributed by atoms with E-state index in [9.17, 15) is 24.9 Å². The number of rotatable bonds is 9. The third-order valence-corrected chi connectivity index (χ3v) is 9.78. The van der Waals surface area contributed by atoms with Gasteiger partial charge >= 0.3 is 5.97 Å². The summed E-state index contributed by atoms with van der Waals surface area (Å²) in [6, 6.07) is -0.158. The molecular weight excluding hydrogens is 638 g/mol. The first-order valence-electron chi connectivity index (χ1n) is 17.3. The van der Waals surface area contributed by atoms with Gasteiger partial charge in [-0.15, -0.1) is 0 Å². The van der Waals surface area contributed by atoms with Gasteiger partial charge in [-0.05, 0) is 71.7 Å². The van der Waals surface area contributed by atoms with Gasteiger partial charge in [-0.1, -0.05) is 39.0 Å². The van der Waals surface area contributed by atoms with E-state index in [0.29, 0.717) is 12.8 Å². The number of hydrogen-bond donors (Lipinski definition) is 3. The predicted octanol–water partition coefficient (Wildman–Crippen LogP) is 2.31. The summed E-state index contributed by atoms with van der Waals surface area (Å²) in [4.78, 5) is 28.2. The smallest absolute Gasteiger partial charge is 0.330 e. The van der Waals surface area contributed by atoms with Crippen molar-refractivity contribution in [2.24, 2.45) is 11.8 Å². The van der Waals surface area contributed by atoms with Gasteiger partial charge < -0.3 is 53.4 Å². The molecule has 2 saturated heterocycles. The highest BCUT2D eigenvalue weighted by molar-refractivity contribution is 5.91. The van der Waals surface area contributed by atoms with Crippen molar-refractivity contribution in [1.29, 1.82) is 0 Å². The van der Waals surface area contributed by atoms with Crippen molar-refractivity contribution in [2.75, 3.05) is 34.9 Å². The molecule has 0 unspecified atom stereocenters. The number of nitrogens with zero attached hydrogens (tertiary/aromatic N) is 1. The molecule has 3 N–H and O–H groups in total. The van der Waals surface area contributed by atoms with E-state index in [1.165, 1.54) is 44.6 Å². The second-order valence-corrected chi connectivity index (χ2v) is 13.9. The fourth-order valence-electron chi connectivity index (χ4n) is 6.73. The van der Waals surface area contributed by atoms with Crippen LogP contribution in [0.1, 0.15) is 60.3 Å². The topological polar surface area (TPSA) is 163 Å². The van der Waals surface area contributed by atoms with Crippen LogP contribution in [0.2, 0.25) is 0 Å². The van der Waals surface area contributed by atoms with Gasteiger partial charge in [0.15, 0.2) is 18.4 Å². The zero-order valence-electron chi connectivity index (χ0n) is 30.5. The molecule has 0 aromatic carbocycles. The number of allylic oxidation sites excluding steroid dienone is 3. The molecule has 0 saturated carbocycles. The molecule has 0 aromatic heterocycles. The number of ketones is 1. The molecule has 13 heteroatoms. The highest BCUT2D eigenvalue weighted by Crippen LogP contribution is 2.31. The Hall–Kier alpha value is -2.04. The van der Waals surface area contributed by atoms with Crippen LogP contribution in [0.4, 0.5) is 0 Å². The SMILES string of the molecule is CC[C@H]1OC(=O)/C=C/C[C@@H](O[C@@H]2O[C@H](C)C[C@H](N(C)C)[C@H]2O)[C@@H](C)C[C@@H](C)C(=O)/C=C/C=C/[C@]1(O)CO[C@@H]1O[C@H](C)[C@@H](O)[C@@H](OC)[C@H]1OC. The van der Waals surface area contributed by atoms with Crippen LogP contribution in [0.25, 0.3) is 0 Å². The number of likely N-dealkylation sites (N-methyl/N-ethyl adjacent to an activating group) is 1. The summed E-state index contributed by atoms with van der Waals surface area (Å²) in [6.07, 6.45) is 2.86.